The van der Waals surface area contributed by atoms with E-state index in [1.54, 1.807) is 0 Å². The average Bonchev–Trinajstić information content (AvgIpc) is 3.19. The van der Waals surface area contributed by atoms with Crippen molar-refractivity contribution < 1.29 is 28.8 Å². The third kappa shape index (κ3) is 3.05. The Hall–Kier alpha value is -4.33. The molecule has 1 aliphatic heterocycles. The first kappa shape index (κ1) is 8.90. The molecular weight excluding hydrogens is 464 g/mol. The van der Waals surface area contributed by atoms with E-state index in [9.17, 15) is 9.60 Å². The summed E-state index contributed by atoms with van der Waals surface area (Å²) in [5.74, 6) is 0. The molecule has 0 saturated heterocycles. The summed E-state index contributed by atoms with van der Waals surface area (Å²) in [6.45, 7) is 0. The standard InChI is InChI=1S/C36H22S/c1-2-11-23(12-3-1)34-25-14-4-6-16-27(25)35(28-17-7-5-15-26(28)34)31-22-21-30-24-13-8-9-19-32(24)37-33-20-10-18-29(31)36(30)33/h1-22H/i1D,2D,3D,4D,5D,6D,7D,8D,9D,10D,11D,12D,13D,14D,15D,16D,17D,18D,20D,21D,22D. The van der Waals surface area contributed by atoms with Gasteiger partial charge in [0.05, 0.1) is 28.8 Å². The van der Waals surface area contributed by atoms with Crippen molar-refractivity contribution in [3.63, 3.8) is 0 Å². The van der Waals surface area contributed by atoms with Crippen molar-refractivity contribution in [1.82, 2.24) is 0 Å². The van der Waals surface area contributed by atoms with Crippen LogP contribution in [-0.2, 0) is 0 Å². The van der Waals surface area contributed by atoms with E-state index in [1.165, 1.54) is 6.07 Å². The molecule has 0 N–H and O–H groups in total. The Morgan fingerprint density at radius 2 is 1.00 bits per heavy atom. The van der Waals surface area contributed by atoms with Crippen molar-refractivity contribution in [3.8, 4) is 33.4 Å². The van der Waals surface area contributed by atoms with Crippen LogP contribution in [0.15, 0.2) is 143 Å². The topological polar surface area (TPSA) is 0 Å². The van der Waals surface area contributed by atoms with E-state index in [4.69, 9.17) is 19.2 Å². The van der Waals surface area contributed by atoms with Gasteiger partial charge in [-0.25, -0.2) is 0 Å². The maximum atomic E-state index is 9.59. The molecule has 0 bridgehead atoms. The van der Waals surface area contributed by atoms with E-state index >= 15 is 0 Å². The third-order valence-electron chi connectivity index (χ3n) is 6.20. The Bertz CT molecular complexity index is 3050. The molecule has 0 aromatic heterocycles. The van der Waals surface area contributed by atoms with Gasteiger partial charge in [0.25, 0.3) is 0 Å². The van der Waals surface area contributed by atoms with Crippen LogP contribution in [0.1, 0.15) is 28.8 Å². The van der Waals surface area contributed by atoms with Crippen molar-refractivity contribution in [3.05, 3.63) is 133 Å². The molecule has 0 saturated carbocycles. The van der Waals surface area contributed by atoms with Gasteiger partial charge in [-0.1, -0.05) is 133 Å². The van der Waals surface area contributed by atoms with Crippen molar-refractivity contribution >= 4 is 44.1 Å². The lowest BCUT2D eigenvalue weighted by atomic mass is 9.84. The summed E-state index contributed by atoms with van der Waals surface area (Å²) >= 11 is 0.819. The van der Waals surface area contributed by atoms with E-state index < -0.39 is 165 Å². The highest BCUT2D eigenvalue weighted by atomic mass is 32.2. The Balaban J connectivity index is 1.78. The fraction of sp³-hybridized carbons (Fsp3) is 0. The summed E-state index contributed by atoms with van der Waals surface area (Å²) in [5.41, 5.74) is -2.52. The average molecular weight is 508 g/mol. The molecule has 0 spiro atoms. The Kier molecular flexibility index (Phi) is 1.95. The highest BCUT2D eigenvalue weighted by Gasteiger charge is 2.22. The van der Waals surface area contributed by atoms with Gasteiger partial charge < -0.3 is 0 Å². The second-order valence-corrected chi connectivity index (χ2v) is 9.14. The molecule has 7 aromatic rings. The molecule has 37 heavy (non-hydrogen) atoms. The van der Waals surface area contributed by atoms with Gasteiger partial charge in [-0.3, -0.25) is 0 Å². The first-order valence-corrected chi connectivity index (χ1v) is 11.8. The minimum absolute atomic E-state index is 0.0436. The number of rotatable bonds is 2. The zero-order valence-corrected chi connectivity index (χ0v) is 19.3. The molecule has 1 heteroatoms. The van der Waals surface area contributed by atoms with E-state index in [-0.39, 0.29) is 37.7 Å². The number of benzene rings is 7. The van der Waals surface area contributed by atoms with Crippen molar-refractivity contribution in [2.75, 3.05) is 0 Å². The maximum absolute atomic E-state index is 9.59. The summed E-state index contributed by atoms with van der Waals surface area (Å²) in [5, 5.41) is -2.75. The Morgan fingerprint density at radius 1 is 0.405 bits per heavy atom. The zero-order chi connectivity index (χ0) is 42.6. The van der Waals surface area contributed by atoms with E-state index in [0.717, 1.165) is 11.8 Å². The van der Waals surface area contributed by atoms with E-state index in [2.05, 4.69) is 0 Å². The van der Waals surface area contributed by atoms with Gasteiger partial charge >= 0.3 is 0 Å². The minimum atomic E-state index is -0.871. The summed E-state index contributed by atoms with van der Waals surface area (Å²) < 4.78 is 186. The molecular formula is C36H22S. The van der Waals surface area contributed by atoms with Crippen LogP contribution in [0.25, 0.3) is 65.7 Å². The van der Waals surface area contributed by atoms with Crippen LogP contribution >= 0.6 is 11.8 Å². The van der Waals surface area contributed by atoms with Crippen LogP contribution in [-0.4, -0.2) is 0 Å². The lowest BCUT2D eigenvalue weighted by Crippen LogP contribution is -1.95. The van der Waals surface area contributed by atoms with Crippen LogP contribution in [0.5, 0.6) is 0 Å². The smallest absolute Gasteiger partial charge is 0.0635 e. The number of hydrogen-bond donors (Lipinski definition) is 0. The Morgan fingerprint density at radius 3 is 1.73 bits per heavy atom. The highest BCUT2D eigenvalue weighted by molar-refractivity contribution is 7.99. The predicted octanol–water partition coefficient (Wildman–Crippen LogP) is 10.6. The molecule has 0 atom stereocenters. The largest absolute Gasteiger partial charge is 0.0888 e. The number of fused-ring (bicyclic) bond motifs is 4. The second kappa shape index (κ2) is 8.09. The predicted molar refractivity (Wildman–Crippen MR) is 159 cm³/mol. The van der Waals surface area contributed by atoms with Crippen molar-refractivity contribution in [1.29, 1.82) is 0 Å². The first-order valence-electron chi connectivity index (χ1n) is 21.5. The summed E-state index contributed by atoms with van der Waals surface area (Å²) in [6.07, 6.45) is 0. The van der Waals surface area contributed by atoms with Gasteiger partial charge in [0, 0.05) is 15.2 Å². The summed E-state index contributed by atoms with van der Waals surface area (Å²) in [7, 11) is 0. The summed E-state index contributed by atoms with van der Waals surface area (Å²) in [4.78, 5) is 0.117. The van der Waals surface area contributed by atoms with Crippen LogP contribution in [0.3, 0.4) is 0 Å². The van der Waals surface area contributed by atoms with Gasteiger partial charge in [0.15, 0.2) is 0 Å². The quantitative estimate of drug-likeness (QED) is 0.210. The fourth-order valence-corrected chi connectivity index (χ4v) is 5.73. The van der Waals surface area contributed by atoms with Gasteiger partial charge in [-0.2, -0.15) is 0 Å². The molecule has 0 unspecified atom stereocenters. The molecule has 8 rings (SSSR count). The second-order valence-electron chi connectivity index (χ2n) is 8.08. The normalized spacial score (nSPS) is 20.2. The van der Waals surface area contributed by atoms with Crippen molar-refractivity contribution in [2.24, 2.45) is 0 Å². The van der Waals surface area contributed by atoms with Crippen LogP contribution in [0, 0.1) is 0 Å². The molecule has 0 radical (unpaired) electrons. The molecule has 0 aliphatic carbocycles. The summed E-state index contributed by atoms with van der Waals surface area (Å²) in [6, 6.07) is -14.6. The number of hydrogen-bond acceptors (Lipinski definition) is 1. The van der Waals surface area contributed by atoms with E-state index in [1.807, 2.05) is 0 Å². The van der Waals surface area contributed by atoms with Crippen molar-refractivity contribution in [2.45, 2.75) is 9.79 Å². The monoisotopic (exact) mass is 507 g/mol. The lowest BCUT2D eigenvalue weighted by molar-refractivity contribution is 1.40. The molecule has 0 nitrogen and oxygen atoms in total. The van der Waals surface area contributed by atoms with Gasteiger partial charge in [-0.05, 0) is 72.4 Å². The fourth-order valence-electron chi connectivity index (χ4n) is 4.73. The molecule has 172 valence electrons. The molecule has 1 heterocycles. The molecule has 0 amide bonds. The van der Waals surface area contributed by atoms with Gasteiger partial charge in [0.2, 0.25) is 0 Å². The van der Waals surface area contributed by atoms with Crippen LogP contribution in [0.2, 0.25) is 0 Å². The lowest BCUT2D eigenvalue weighted by Gasteiger charge is -2.23. The highest BCUT2D eigenvalue weighted by Crippen LogP contribution is 2.51. The van der Waals surface area contributed by atoms with Crippen LogP contribution < -0.4 is 0 Å². The molecule has 7 aromatic carbocycles. The van der Waals surface area contributed by atoms with E-state index in [0.29, 0.717) is 0 Å². The minimum Gasteiger partial charge on any atom is -0.0888 e. The first-order chi connectivity index (χ1) is 27.1. The third-order valence-corrected chi connectivity index (χ3v) is 7.25. The Labute approximate surface area is 249 Å². The zero-order valence-electron chi connectivity index (χ0n) is 39.5. The molecule has 0 fully saturated rings. The SMILES string of the molecule is [2H]c1cc2c(c([2H])c1[2H])-c1c([2H])c([2H])c(-c3c4c([2H])c([2H])c([2H])c([2H])c4c(-c4c([2H])c([2H])c([2H])c([2H])c4[2H])c4c([2H])c([2H])c([2H])c([2H])c34)c3c([2H])c([2H])c([2H])c(c13)S2. The van der Waals surface area contributed by atoms with Crippen LogP contribution in [0.4, 0.5) is 0 Å². The van der Waals surface area contributed by atoms with Gasteiger partial charge in [0.1, 0.15) is 0 Å². The maximum Gasteiger partial charge on any atom is 0.0635 e. The van der Waals surface area contributed by atoms with Gasteiger partial charge in [-0.15, -0.1) is 0 Å². The molecule has 1 aliphatic rings.